The van der Waals surface area contributed by atoms with Crippen LogP contribution in [-0.2, 0) is 6.54 Å². The van der Waals surface area contributed by atoms with Gasteiger partial charge in [-0.05, 0) is 17.8 Å². The van der Waals surface area contributed by atoms with Crippen molar-refractivity contribution in [3.05, 3.63) is 18.2 Å². The third-order valence-electron chi connectivity index (χ3n) is 4.56. The van der Waals surface area contributed by atoms with Crippen LogP contribution in [0.25, 0.3) is 0 Å². The Bertz CT molecular complexity index is 411. The van der Waals surface area contributed by atoms with Crippen molar-refractivity contribution in [2.24, 2.45) is 11.3 Å². The van der Waals surface area contributed by atoms with Crippen molar-refractivity contribution >= 4 is 6.03 Å². The number of hydrogen-bond acceptors (Lipinski definition) is 2. The first-order valence-corrected chi connectivity index (χ1v) is 7.08. The summed E-state index contributed by atoms with van der Waals surface area (Å²) in [6, 6.07) is -0.0237. The minimum atomic E-state index is -0.0237. The molecule has 19 heavy (non-hydrogen) atoms. The summed E-state index contributed by atoms with van der Waals surface area (Å²) in [6.45, 7) is 5.79. The van der Waals surface area contributed by atoms with Gasteiger partial charge in [-0.3, -0.25) is 0 Å². The van der Waals surface area contributed by atoms with Crippen LogP contribution in [0.5, 0.6) is 0 Å². The van der Waals surface area contributed by atoms with Gasteiger partial charge in [-0.25, -0.2) is 9.78 Å². The Kier molecular flexibility index (Phi) is 4.12. The number of nitrogens with zero attached hydrogens (tertiary/aromatic N) is 2. The van der Waals surface area contributed by atoms with Crippen LogP contribution in [0.15, 0.2) is 12.4 Å². The molecule has 1 aliphatic rings. The van der Waals surface area contributed by atoms with Gasteiger partial charge < -0.3 is 15.2 Å². The second kappa shape index (κ2) is 5.63. The van der Waals surface area contributed by atoms with Crippen molar-refractivity contribution in [1.29, 1.82) is 0 Å². The number of urea groups is 1. The van der Waals surface area contributed by atoms with Crippen molar-refractivity contribution in [3.63, 3.8) is 0 Å². The van der Waals surface area contributed by atoms with Crippen LogP contribution in [0.1, 0.15) is 38.9 Å². The average molecular weight is 264 g/mol. The van der Waals surface area contributed by atoms with E-state index in [4.69, 9.17) is 0 Å². The quantitative estimate of drug-likeness (QED) is 0.828. The van der Waals surface area contributed by atoms with Crippen LogP contribution >= 0.6 is 0 Å². The lowest BCUT2D eigenvalue weighted by atomic mass is 9.97. The van der Waals surface area contributed by atoms with E-state index in [1.807, 2.05) is 0 Å². The fourth-order valence-corrected chi connectivity index (χ4v) is 2.86. The lowest BCUT2D eigenvalue weighted by Gasteiger charge is -2.18. The van der Waals surface area contributed by atoms with Gasteiger partial charge in [-0.1, -0.05) is 26.7 Å². The van der Waals surface area contributed by atoms with Crippen LogP contribution in [-0.4, -0.2) is 34.5 Å². The lowest BCUT2D eigenvalue weighted by Crippen LogP contribution is -2.38. The fourth-order valence-electron chi connectivity index (χ4n) is 2.86. The maximum Gasteiger partial charge on any atom is 0.317 e. The Labute approximate surface area is 114 Å². The number of aromatic nitrogens is 2. The number of nitrogens with one attached hydrogen (secondary N) is 2. The molecule has 1 atom stereocenters. The Balaban J connectivity index is 1.73. The van der Waals surface area contributed by atoms with E-state index in [2.05, 4.69) is 29.1 Å². The molecule has 2 amide bonds. The minimum absolute atomic E-state index is 0.0237. The molecule has 1 fully saturated rings. The van der Waals surface area contributed by atoms with E-state index in [0.717, 1.165) is 12.4 Å². The molecule has 1 unspecified atom stereocenters. The number of imidazole rings is 1. The summed E-state index contributed by atoms with van der Waals surface area (Å²) in [6.07, 6.45) is 7.14. The van der Waals surface area contributed by atoms with Crippen LogP contribution in [0.3, 0.4) is 0 Å². The number of hydrogen-bond donors (Lipinski definition) is 2. The predicted molar refractivity (Wildman–Crippen MR) is 74.6 cm³/mol. The summed E-state index contributed by atoms with van der Waals surface area (Å²) in [5.74, 6) is 1.46. The highest BCUT2D eigenvalue weighted by molar-refractivity contribution is 5.73. The number of amides is 2. The van der Waals surface area contributed by atoms with Gasteiger partial charge in [-0.2, -0.15) is 0 Å². The second-order valence-corrected chi connectivity index (χ2v) is 5.55. The summed E-state index contributed by atoms with van der Waals surface area (Å²) < 4.78 is 0. The molecule has 5 heteroatoms. The minimum Gasteiger partial charge on any atom is -0.347 e. The topological polar surface area (TPSA) is 61.0 Å². The highest BCUT2D eigenvalue weighted by atomic mass is 16.2. The SMILES string of the molecule is CCC1(CC)CC1CNC(=O)N(C)Cc1ncc[nH]1. The zero-order valence-electron chi connectivity index (χ0n) is 12.1. The van der Waals surface area contributed by atoms with Crippen molar-refractivity contribution in [2.75, 3.05) is 13.6 Å². The van der Waals surface area contributed by atoms with Gasteiger partial charge in [0.2, 0.25) is 0 Å². The molecule has 2 rings (SSSR count). The van der Waals surface area contributed by atoms with E-state index in [1.165, 1.54) is 19.3 Å². The highest BCUT2D eigenvalue weighted by Crippen LogP contribution is 2.57. The smallest absolute Gasteiger partial charge is 0.317 e. The first kappa shape index (κ1) is 13.9. The number of carbonyl (C=O) groups is 1. The molecule has 1 aromatic rings. The standard InChI is InChI=1S/C14H24N4O/c1-4-14(5-2)8-11(14)9-17-13(19)18(3)10-12-15-6-7-16-12/h6-7,11H,4-5,8-10H2,1-3H3,(H,15,16)(H,17,19). The fraction of sp³-hybridized carbons (Fsp3) is 0.714. The van der Waals surface area contributed by atoms with Gasteiger partial charge in [0.25, 0.3) is 0 Å². The zero-order chi connectivity index (χ0) is 13.9. The molecule has 0 spiro atoms. The van der Waals surface area contributed by atoms with E-state index in [0.29, 0.717) is 17.9 Å². The zero-order valence-corrected chi connectivity index (χ0v) is 12.1. The van der Waals surface area contributed by atoms with Crippen LogP contribution in [0.2, 0.25) is 0 Å². The Morgan fingerprint density at radius 3 is 2.84 bits per heavy atom. The largest absolute Gasteiger partial charge is 0.347 e. The third-order valence-corrected chi connectivity index (χ3v) is 4.56. The Morgan fingerprint density at radius 1 is 1.58 bits per heavy atom. The van der Waals surface area contributed by atoms with Gasteiger partial charge in [0, 0.05) is 26.0 Å². The molecule has 106 valence electrons. The first-order chi connectivity index (χ1) is 9.11. The van der Waals surface area contributed by atoms with Gasteiger partial charge in [0.05, 0.1) is 6.54 Å². The van der Waals surface area contributed by atoms with E-state index in [9.17, 15) is 4.79 Å². The van der Waals surface area contributed by atoms with Crippen LogP contribution in [0.4, 0.5) is 4.79 Å². The van der Waals surface area contributed by atoms with Crippen molar-refractivity contribution in [3.8, 4) is 0 Å². The molecule has 5 nitrogen and oxygen atoms in total. The van der Waals surface area contributed by atoms with Crippen molar-refractivity contribution in [1.82, 2.24) is 20.2 Å². The van der Waals surface area contributed by atoms with E-state index < -0.39 is 0 Å². The van der Waals surface area contributed by atoms with Gasteiger partial charge in [0.1, 0.15) is 5.82 Å². The molecule has 1 heterocycles. The molecule has 1 aromatic heterocycles. The van der Waals surface area contributed by atoms with Gasteiger partial charge in [0.15, 0.2) is 0 Å². The van der Waals surface area contributed by atoms with Gasteiger partial charge in [-0.15, -0.1) is 0 Å². The third kappa shape index (κ3) is 3.08. The maximum atomic E-state index is 12.0. The Morgan fingerprint density at radius 2 is 2.32 bits per heavy atom. The molecular weight excluding hydrogens is 240 g/mol. The molecule has 0 saturated heterocycles. The normalized spacial score (nSPS) is 20.1. The second-order valence-electron chi connectivity index (χ2n) is 5.55. The van der Waals surface area contributed by atoms with Crippen LogP contribution in [0, 0.1) is 11.3 Å². The molecule has 0 radical (unpaired) electrons. The van der Waals surface area contributed by atoms with Gasteiger partial charge >= 0.3 is 6.03 Å². The summed E-state index contributed by atoms with van der Waals surface area (Å²) in [7, 11) is 1.79. The number of carbonyl (C=O) groups excluding carboxylic acids is 1. The van der Waals surface area contributed by atoms with E-state index in [1.54, 1.807) is 24.3 Å². The van der Waals surface area contributed by atoms with E-state index in [-0.39, 0.29) is 6.03 Å². The molecule has 1 aliphatic carbocycles. The number of rotatable bonds is 6. The molecule has 0 aliphatic heterocycles. The Hall–Kier alpha value is -1.52. The molecular formula is C14H24N4O. The molecule has 0 aromatic carbocycles. The maximum absolute atomic E-state index is 12.0. The van der Waals surface area contributed by atoms with Crippen molar-refractivity contribution in [2.45, 2.75) is 39.7 Å². The monoisotopic (exact) mass is 264 g/mol. The number of H-pyrrole nitrogens is 1. The average Bonchev–Trinajstić information content (AvgIpc) is 2.90. The molecule has 1 saturated carbocycles. The first-order valence-electron chi connectivity index (χ1n) is 7.08. The summed E-state index contributed by atoms with van der Waals surface area (Å²) in [5.41, 5.74) is 0.493. The van der Waals surface area contributed by atoms with Crippen LogP contribution < -0.4 is 5.32 Å². The predicted octanol–water partition coefficient (Wildman–Crippen LogP) is 2.38. The summed E-state index contributed by atoms with van der Waals surface area (Å²) in [4.78, 5) is 20.7. The molecule has 2 N–H and O–H groups in total. The highest BCUT2D eigenvalue weighted by Gasteiger charge is 2.50. The summed E-state index contributed by atoms with van der Waals surface area (Å²) in [5, 5.41) is 3.03. The lowest BCUT2D eigenvalue weighted by molar-refractivity contribution is 0.204. The number of aromatic amines is 1. The summed E-state index contributed by atoms with van der Waals surface area (Å²) >= 11 is 0. The van der Waals surface area contributed by atoms with Crippen molar-refractivity contribution < 1.29 is 4.79 Å². The van der Waals surface area contributed by atoms with E-state index >= 15 is 0 Å². The molecule has 0 bridgehead atoms.